The second-order valence-electron chi connectivity index (χ2n) is 5.00. The van der Waals surface area contributed by atoms with Gasteiger partial charge in [0, 0.05) is 16.3 Å². The van der Waals surface area contributed by atoms with Crippen molar-refractivity contribution in [1.29, 1.82) is 0 Å². The third-order valence-corrected chi connectivity index (χ3v) is 4.75. The van der Waals surface area contributed by atoms with Crippen molar-refractivity contribution >= 4 is 23.9 Å². The van der Waals surface area contributed by atoms with Gasteiger partial charge in [0.15, 0.2) is 0 Å². The average Bonchev–Trinajstić information content (AvgIpc) is 2.56. The first kappa shape index (κ1) is 11.4. The third-order valence-electron chi connectivity index (χ3n) is 2.29. The van der Waals surface area contributed by atoms with Crippen molar-refractivity contribution in [1.82, 2.24) is 3.71 Å². The van der Waals surface area contributed by atoms with Gasteiger partial charge in [-0.05, 0) is 47.9 Å². The summed E-state index contributed by atoms with van der Waals surface area (Å²) in [5.74, 6) is 0. The zero-order valence-corrected chi connectivity index (χ0v) is 11.1. The van der Waals surface area contributed by atoms with Gasteiger partial charge in [-0.25, -0.2) is 0 Å². The Balaban J connectivity index is 1.91. The summed E-state index contributed by atoms with van der Waals surface area (Å²) >= 11 is 3.75. The molecule has 0 saturated carbocycles. The van der Waals surface area contributed by atoms with E-state index in [2.05, 4.69) is 48.7 Å². The second kappa shape index (κ2) is 4.40. The van der Waals surface area contributed by atoms with E-state index in [1.807, 2.05) is 23.9 Å². The van der Waals surface area contributed by atoms with Crippen molar-refractivity contribution in [3.63, 3.8) is 0 Å². The van der Waals surface area contributed by atoms with Crippen LogP contribution in [0, 0.1) is 5.41 Å². The zero-order valence-electron chi connectivity index (χ0n) is 9.49. The van der Waals surface area contributed by atoms with Gasteiger partial charge in [-0.3, -0.25) is 0 Å². The van der Waals surface area contributed by atoms with E-state index >= 15 is 0 Å². The van der Waals surface area contributed by atoms with Crippen molar-refractivity contribution < 1.29 is 0 Å². The monoisotopic (exact) mass is 239 g/mol. The molecule has 0 spiro atoms. The summed E-state index contributed by atoms with van der Waals surface area (Å²) in [7, 11) is 0. The molecule has 0 amide bonds. The maximum atomic E-state index is 2.38. The normalized spacial score (nSPS) is 16.7. The maximum absolute atomic E-state index is 2.38. The first-order chi connectivity index (χ1) is 7.04. The van der Waals surface area contributed by atoms with Gasteiger partial charge in [-0.2, -0.15) is 3.71 Å². The Hall–Kier alpha value is -0.120. The molecule has 0 radical (unpaired) electrons. The smallest absolute Gasteiger partial charge is 0.0388 e. The summed E-state index contributed by atoms with van der Waals surface area (Å²) in [6.45, 7) is 8.04. The lowest BCUT2D eigenvalue weighted by Crippen LogP contribution is -2.14. The van der Waals surface area contributed by atoms with Crippen LogP contribution in [0.25, 0.3) is 0 Å². The van der Waals surface area contributed by atoms with E-state index in [9.17, 15) is 0 Å². The Morgan fingerprint density at radius 3 is 2.07 bits per heavy atom. The molecule has 0 aliphatic carbocycles. The molecule has 1 nitrogen and oxygen atoms in total. The van der Waals surface area contributed by atoms with Crippen molar-refractivity contribution in [2.75, 3.05) is 6.54 Å². The SMILES string of the molecule is CC(C)(C)CCN1Sc2ccccc2S1. The fraction of sp³-hybridized carbons (Fsp3) is 0.500. The van der Waals surface area contributed by atoms with E-state index < -0.39 is 0 Å². The van der Waals surface area contributed by atoms with Crippen LogP contribution in [0.1, 0.15) is 27.2 Å². The van der Waals surface area contributed by atoms with Crippen molar-refractivity contribution in [3.05, 3.63) is 24.3 Å². The van der Waals surface area contributed by atoms with Gasteiger partial charge in [0.05, 0.1) is 0 Å². The predicted octanol–water partition coefficient (Wildman–Crippen LogP) is 4.45. The van der Waals surface area contributed by atoms with Gasteiger partial charge in [0.2, 0.25) is 0 Å². The first-order valence-electron chi connectivity index (χ1n) is 5.27. The average molecular weight is 239 g/mol. The Bertz CT molecular complexity index is 319. The van der Waals surface area contributed by atoms with E-state index in [0.29, 0.717) is 5.41 Å². The maximum Gasteiger partial charge on any atom is 0.0388 e. The molecule has 1 aliphatic rings. The van der Waals surface area contributed by atoms with Crippen LogP contribution in [-0.2, 0) is 0 Å². The molecule has 1 heterocycles. The number of nitrogens with zero attached hydrogens (tertiary/aromatic N) is 1. The van der Waals surface area contributed by atoms with Gasteiger partial charge in [-0.15, -0.1) is 0 Å². The third kappa shape index (κ3) is 3.16. The second-order valence-corrected chi connectivity index (χ2v) is 7.35. The molecule has 0 bridgehead atoms. The molecule has 3 heteroatoms. The van der Waals surface area contributed by atoms with Crippen LogP contribution >= 0.6 is 23.9 Å². The fourth-order valence-electron chi connectivity index (χ4n) is 1.36. The minimum absolute atomic E-state index is 0.426. The molecule has 2 rings (SSSR count). The summed E-state index contributed by atoms with van der Waals surface area (Å²) < 4.78 is 2.38. The number of hydrogen-bond donors (Lipinski definition) is 0. The number of benzene rings is 1. The molecule has 82 valence electrons. The number of hydrogen-bond acceptors (Lipinski definition) is 3. The largest absolute Gasteiger partial charge is 0.186 e. The van der Waals surface area contributed by atoms with E-state index in [4.69, 9.17) is 0 Å². The highest BCUT2D eigenvalue weighted by atomic mass is 32.2. The standard InChI is InChI=1S/C12H17NS2/c1-12(2,3)8-9-13-14-10-6-4-5-7-11(10)15-13/h4-7H,8-9H2,1-3H3. The summed E-state index contributed by atoms with van der Waals surface area (Å²) in [4.78, 5) is 2.80. The lowest BCUT2D eigenvalue weighted by atomic mass is 9.93. The molecular formula is C12H17NS2. The lowest BCUT2D eigenvalue weighted by Gasteiger charge is -2.21. The van der Waals surface area contributed by atoms with E-state index in [1.165, 1.54) is 16.2 Å². The molecule has 0 atom stereocenters. The highest BCUT2D eigenvalue weighted by Gasteiger charge is 2.22. The van der Waals surface area contributed by atoms with Gasteiger partial charge in [0.25, 0.3) is 0 Å². The lowest BCUT2D eigenvalue weighted by molar-refractivity contribution is 0.364. The first-order valence-corrected chi connectivity index (χ1v) is 6.82. The number of rotatable bonds is 2. The van der Waals surface area contributed by atoms with E-state index in [-0.39, 0.29) is 0 Å². The zero-order chi connectivity index (χ0) is 10.9. The molecule has 15 heavy (non-hydrogen) atoms. The van der Waals surface area contributed by atoms with Gasteiger partial charge >= 0.3 is 0 Å². The minimum atomic E-state index is 0.426. The van der Waals surface area contributed by atoms with Crippen molar-refractivity contribution in [2.45, 2.75) is 37.0 Å². The number of fused-ring (bicyclic) bond motifs is 1. The van der Waals surface area contributed by atoms with Crippen LogP contribution in [0.5, 0.6) is 0 Å². The van der Waals surface area contributed by atoms with Crippen molar-refractivity contribution in [2.24, 2.45) is 5.41 Å². The van der Waals surface area contributed by atoms with Gasteiger partial charge in [0.1, 0.15) is 0 Å². The Morgan fingerprint density at radius 2 is 1.60 bits per heavy atom. The van der Waals surface area contributed by atoms with Gasteiger partial charge < -0.3 is 0 Å². The van der Waals surface area contributed by atoms with Crippen LogP contribution in [0.15, 0.2) is 34.1 Å². The molecule has 0 aromatic heterocycles. The molecular weight excluding hydrogens is 222 g/mol. The van der Waals surface area contributed by atoms with Crippen LogP contribution in [0.2, 0.25) is 0 Å². The molecule has 0 fully saturated rings. The Labute approximate surface area is 101 Å². The van der Waals surface area contributed by atoms with Crippen LogP contribution in [0.4, 0.5) is 0 Å². The van der Waals surface area contributed by atoms with Crippen molar-refractivity contribution in [3.8, 4) is 0 Å². The topological polar surface area (TPSA) is 3.24 Å². The summed E-state index contributed by atoms with van der Waals surface area (Å²) in [5, 5.41) is 0. The predicted molar refractivity (Wildman–Crippen MR) is 68.9 cm³/mol. The Kier molecular flexibility index (Phi) is 3.33. The van der Waals surface area contributed by atoms with E-state index in [0.717, 1.165) is 6.54 Å². The molecule has 1 aromatic rings. The quantitative estimate of drug-likeness (QED) is 0.702. The molecule has 0 N–H and O–H groups in total. The minimum Gasteiger partial charge on any atom is -0.186 e. The van der Waals surface area contributed by atoms with Crippen LogP contribution in [0.3, 0.4) is 0 Å². The fourth-order valence-corrected chi connectivity index (χ4v) is 3.61. The van der Waals surface area contributed by atoms with E-state index in [1.54, 1.807) is 0 Å². The van der Waals surface area contributed by atoms with Gasteiger partial charge in [-0.1, -0.05) is 32.9 Å². The van der Waals surface area contributed by atoms with Crippen LogP contribution < -0.4 is 0 Å². The highest BCUT2D eigenvalue weighted by molar-refractivity contribution is 8.14. The summed E-state index contributed by atoms with van der Waals surface area (Å²) in [6, 6.07) is 8.62. The molecule has 1 aliphatic heterocycles. The highest BCUT2D eigenvalue weighted by Crippen LogP contribution is 2.46. The molecule has 1 aromatic carbocycles. The summed E-state index contributed by atoms with van der Waals surface area (Å²) in [6.07, 6.45) is 1.24. The molecule has 0 unspecified atom stereocenters. The Morgan fingerprint density at radius 1 is 1.07 bits per heavy atom. The summed E-state index contributed by atoms with van der Waals surface area (Å²) in [5.41, 5.74) is 0.426. The van der Waals surface area contributed by atoms with Crippen LogP contribution in [-0.4, -0.2) is 10.3 Å². The molecule has 0 saturated heterocycles.